The van der Waals surface area contributed by atoms with Crippen molar-refractivity contribution in [2.45, 2.75) is 78.7 Å². The highest BCUT2D eigenvalue weighted by Gasteiger charge is 2.31. The summed E-state index contributed by atoms with van der Waals surface area (Å²) in [6, 6.07) is 12.8. The van der Waals surface area contributed by atoms with E-state index in [9.17, 15) is 0 Å². The van der Waals surface area contributed by atoms with Crippen molar-refractivity contribution in [2.75, 3.05) is 32.7 Å². The second-order valence-electron chi connectivity index (χ2n) is 11.5. The maximum absolute atomic E-state index is 6.04. The van der Waals surface area contributed by atoms with Crippen molar-refractivity contribution in [1.82, 2.24) is 0 Å². The zero-order valence-corrected chi connectivity index (χ0v) is 22.5. The van der Waals surface area contributed by atoms with Gasteiger partial charge >= 0.3 is 0 Å². The van der Waals surface area contributed by atoms with Crippen LogP contribution in [0.4, 0.5) is 11.4 Å². The number of benzene rings is 2. The summed E-state index contributed by atoms with van der Waals surface area (Å²) in [5.41, 5.74) is 4.09. The van der Waals surface area contributed by atoms with Crippen LogP contribution in [0.5, 0.6) is 11.5 Å². The molecule has 0 spiro atoms. The maximum atomic E-state index is 6.04. The fourth-order valence-corrected chi connectivity index (χ4v) is 3.66. The molecular formula is C28H43NO4. The van der Waals surface area contributed by atoms with Crippen LogP contribution in [-0.4, -0.2) is 33.3 Å². The fraction of sp³-hybridized carbons (Fsp3) is 0.571. The number of hydrogen-bond donors (Lipinski definition) is 0. The second kappa shape index (κ2) is 10.4. The minimum Gasteiger partial charge on any atom is -0.465 e. The van der Waals surface area contributed by atoms with Gasteiger partial charge in [-0.05, 0) is 67.0 Å². The first-order valence-electron chi connectivity index (χ1n) is 11.5. The predicted molar refractivity (Wildman–Crippen MR) is 137 cm³/mol. The molecule has 33 heavy (non-hydrogen) atoms. The standard InChI is InChI=1S/C28H43NO4/c1-26(2,3)20-12-14-24(32-18-30-10)22(16-20)29(28(7,8)9)23-17-21(27(4,5)6)13-15-25(23)33-19-31-11/h12-17H,18-19H2,1-11H3. The molecule has 184 valence electrons. The molecule has 0 heterocycles. The molecule has 0 atom stereocenters. The number of hydrogen-bond acceptors (Lipinski definition) is 5. The zero-order chi connectivity index (χ0) is 25.0. The van der Waals surface area contributed by atoms with E-state index in [1.54, 1.807) is 14.2 Å². The van der Waals surface area contributed by atoms with Gasteiger partial charge in [-0.25, -0.2) is 0 Å². The highest BCUT2D eigenvalue weighted by Crippen LogP contribution is 2.46. The first kappa shape index (κ1) is 27.0. The van der Waals surface area contributed by atoms with Gasteiger partial charge in [0.15, 0.2) is 13.6 Å². The van der Waals surface area contributed by atoms with Crippen LogP contribution in [0.3, 0.4) is 0 Å². The van der Waals surface area contributed by atoms with Crippen molar-refractivity contribution in [3.05, 3.63) is 47.5 Å². The van der Waals surface area contributed by atoms with E-state index in [1.807, 2.05) is 12.1 Å². The predicted octanol–water partition coefficient (Wildman–Crippen LogP) is 7.18. The molecular weight excluding hydrogens is 414 g/mol. The van der Waals surface area contributed by atoms with Gasteiger partial charge in [-0.1, -0.05) is 53.7 Å². The second-order valence-corrected chi connectivity index (χ2v) is 11.5. The molecule has 0 unspecified atom stereocenters. The average molecular weight is 458 g/mol. The highest BCUT2D eigenvalue weighted by molar-refractivity contribution is 5.76. The van der Waals surface area contributed by atoms with Gasteiger partial charge in [0, 0.05) is 19.8 Å². The molecule has 0 aromatic heterocycles. The van der Waals surface area contributed by atoms with Crippen LogP contribution in [0.2, 0.25) is 0 Å². The van der Waals surface area contributed by atoms with Crippen molar-refractivity contribution < 1.29 is 18.9 Å². The Bertz CT molecular complexity index is 847. The average Bonchev–Trinajstić information content (AvgIpc) is 2.69. The van der Waals surface area contributed by atoms with Gasteiger partial charge in [0.2, 0.25) is 0 Å². The number of rotatable bonds is 8. The van der Waals surface area contributed by atoms with Gasteiger partial charge < -0.3 is 23.8 Å². The van der Waals surface area contributed by atoms with E-state index >= 15 is 0 Å². The number of methoxy groups -OCH3 is 2. The number of nitrogens with zero attached hydrogens (tertiary/aromatic N) is 1. The lowest BCUT2D eigenvalue weighted by Gasteiger charge is -2.40. The molecule has 0 bridgehead atoms. The van der Waals surface area contributed by atoms with Gasteiger partial charge in [0.25, 0.3) is 0 Å². The van der Waals surface area contributed by atoms with E-state index in [-0.39, 0.29) is 30.0 Å². The molecule has 0 saturated carbocycles. The summed E-state index contributed by atoms with van der Waals surface area (Å²) in [5.74, 6) is 1.53. The lowest BCUT2D eigenvalue weighted by Crippen LogP contribution is -2.38. The monoisotopic (exact) mass is 457 g/mol. The van der Waals surface area contributed by atoms with Gasteiger partial charge in [-0.2, -0.15) is 0 Å². The molecule has 2 aromatic carbocycles. The molecule has 0 aliphatic rings. The first-order valence-corrected chi connectivity index (χ1v) is 11.5. The molecule has 0 radical (unpaired) electrons. The van der Waals surface area contributed by atoms with Crippen LogP contribution in [-0.2, 0) is 20.3 Å². The Morgan fingerprint density at radius 3 is 1.24 bits per heavy atom. The molecule has 0 fully saturated rings. The topological polar surface area (TPSA) is 40.2 Å². The minimum absolute atomic E-state index is 0.0132. The smallest absolute Gasteiger partial charge is 0.188 e. The summed E-state index contributed by atoms with van der Waals surface area (Å²) in [5, 5.41) is 0. The SMILES string of the molecule is COCOc1ccc(C(C)(C)C)cc1N(c1cc(C(C)(C)C)ccc1OCOC)C(C)(C)C. The van der Waals surface area contributed by atoms with Crippen LogP contribution in [0.1, 0.15) is 73.4 Å². The van der Waals surface area contributed by atoms with Crippen LogP contribution in [0, 0.1) is 0 Å². The van der Waals surface area contributed by atoms with E-state index in [0.717, 1.165) is 22.9 Å². The van der Waals surface area contributed by atoms with Crippen LogP contribution < -0.4 is 14.4 Å². The van der Waals surface area contributed by atoms with Crippen molar-refractivity contribution in [3.63, 3.8) is 0 Å². The van der Waals surface area contributed by atoms with Gasteiger partial charge in [0.05, 0.1) is 11.4 Å². The number of anilines is 2. The van der Waals surface area contributed by atoms with Crippen molar-refractivity contribution in [3.8, 4) is 11.5 Å². The fourth-order valence-electron chi connectivity index (χ4n) is 3.66. The summed E-state index contributed by atoms with van der Waals surface area (Å²) in [6.07, 6.45) is 0. The third-order valence-corrected chi connectivity index (χ3v) is 5.47. The van der Waals surface area contributed by atoms with Crippen molar-refractivity contribution in [1.29, 1.82) is 0 Å². The van der Waals surface area contributed by atoms with Gasteiger partial charge in [-0.3, -0.25) is 0 Å². The lowest BCUT2D eigenvalue weighted by atomic mass is 9.85. The van der Waals surface area contributed by atoms with Crippen molar-refractivity contribution in [2.24, 2.45) is 0 Å². The molecule has 2 rings (SSSR count). The van der Waals surface area contributed by atoms with Gasteiger partial charge in [0.1, 0.15) is 11.5 Å². The summed E-state index contributed by atoms with van der Waals surface area (Å²) >= 11 is 0. The Morgan fingerprint density at radius 1 is 0.606 bits per heavy atom. The summed E-state index contributed by atoms with van der Waals surface area (Å²) in [4.78, 5) is 2.30. The molecule has 0 saturated heterocycles. The van der Waals surface area contributed by atoms with E-state index in [2.05, 4.69) is 91.5 Å². The first-order chi connectivity index (χ1) is 15.2. The van der Waals surface area contributed by atoms with Gasteiger partial charge in [-0.15, -0.1) is 0 Å². The third kappa shape index (κ3) is 6.87. The van der Waals surface area contributed by atoms with E-state index < -0.39 is 0 Å². The van der Waals surface area contributed by atoms with Crippen molar-refractivity contribution >= 4 is 11.4 Å². The molecule has 5 nitrogen and oxygen atoms in total. The molecule has 0 aliphatic carbocycles. The molecule has 0 N–H and O–H groups in total. The minimum atomic E-state index is -0.274. The van der Waals surface area contributed by atoms with E-state index in [1.165, 1.54) is 11.1 Å². The third-order valence-electron chi connectivity index (χ3n) is 5.47. The largest absolute Gasteiger partial charge is 0.465 e. The molecule has 0 amide bonds. The van der Waals surface area contributed by atoms with Crippen LogP contribution >= 0.6 is 0 Å². The Labute approximate surface area is 201 Å². The summed E-state index contributed by atoms with van der Waals surface area (Å²) in [7, 11) is 3.27. The Morgan fingerprint density at radius 2 is 0.970 bits per heavy atom. The highest BCUT2D eigenvalue weighted by atomic mass is 16.7. The van der Waals surface area contributed by atoms with E-state index in [0.29, 0.717) is 0 Å². The normalized spacial score (nSPS) is 12.6. The van der Waals surface area contributed by atoms with Crippen LogP contribution in [0.15, 0.2) is 36.4 Å². The molecule has 0 aliphatic heterocycles. The summed E-state index contributed by atoms with van der Waals surface area (Å²) < 4.78 is 22.5. The Balaban J connectivity index is 2.85. The Kier molecular flexibility index (Phi) is 8.47. The zero-order valence-electron chi connectivity index (χ0n) is 22.5. The lowest BCUT2D eigenvalue weighted by molar-refractivity contribution is 0.0508. The number of ether oxygens (including phenoxy) is 4. The molecule has 5 heteroatoms. The van der Waals surface area contributed by atoms with Crippen LogP contribution in [0.25, 0.3) is 0 Å². The quantitative estimate of drug-likeness (QED) is 0.393. The van der Waals surface area contributed by atoms with E-state index in [4.69, 9.17) is 18.9 Å². The molecule has 2 aromatic rings. The maximum Gasteiger partial charge on any atom is 0.188 e. The Hall–Kier alpha value is -2.24. The summed E-state index contributed by atoms with van der Waals surface area (Å²) in [6.45, 7) is 20.2.